The Morgan fingerprint density at radius 1 is 0.941 bits per heavy atom. The van der Waals surface area contributed by atoms with Crippen LogP contribution in [0, 0.1) is 11.3 Å². The van der Waals surface area contributed by atoms with Gasteiger partial charge < -0.3 is 9.47 Å². The zero-order valence-corrected chi connectivity index (χ0v) is 20.8. The molecule has 0 spiro atoms. The van der Waals surface area contributed by atoms with Gasteiger partial charge in [-0.05, 0) is 83.4 Å². The Kier molecular flexibility index (Phi) is 8.47. The molecule has 2 aromatic rings. The maximum Gasteiger partial charge on any atom is 0.534 e. The molecule has 0 aliphatic carbocycles. The smallest absolute Gasteiger partial charge is 0.442 e. The van der Waals surface area contributed by atoms with Crippen LogP contribution in [0.1, 0.15) is 59.6 Å². The molecule has 2 aromatic carbocycles. The van der Waals surface area contributed by atoms with E-state index < -0.39 is 29.5 Å². The van der Waals surface area contributed by atoms with E-state index in [1.54, 1.807) is 66.7 Å². The summed E-state index contributed by atoms with van der Waals surface area (Å²) < 4.78 is 10.6. The summed E-state index contributed by atoms with van der Waals surface area (Å²) >= 11 is 0. The van der Waals surface area contributed by atoms with Crippen molar-refractivity contribution in [3.05, 3.63) is 65.7 Å². The Hall–Kier alpha value is -3.79. The van der Waals surface area contributed by atoms with Crippen LogP contribution in [0.25, 0.3) is 17.2 Å². The van der Waals surface area contributed by atoms with Crippen molar-refractivity contribution in [3.63, 3.8) is 0 Å². The molecule has 7 nitrogen and oxygen atoms in total. The zero-order chi connectivity index (χ0) is 25.5. The predicted molar refractivity (Wildman–Crippen MR) is 130 cm³/mol. The van der Waals surface area contributed by atoms with E-state index in [1.807, 2.05) is 42.5 Å². The van der Waals surface area contributed by atoms with Gasteiger partial charge in [0.1, 0.15) is 11.2 Å². The van der Waals surface area contributed by atoms with Crippen molar-refractivity contribution in [2.75, 3.05) is 0 Å². The Labute approximate surface area is 201 Å². The molecule has 0 aliphatic rings. The van der Waals surface area contributed by atoms with Gasteiger partial charge >= 0.3 is 12.2 Å². The number of carbonyl (C=O) groups excluding carboxylic acids is 2. The number of nitrogens with zero attached hydrogens (tertiary/aromatic N) is 2. The number of hydrogen-bond donors (Lipinski definition) is 0. The number of nitriles is 1. The molecule has 0 saturated carbocycles. The third-order valence-corrected chi connectivity index (χ3v) is 4.31. The second-order valence-corrected chi connectivity index (χ2v) is 9.78. The first kappa shape index (κ1) is 26.5. The molecule has 0 aliphatic heterocycles. The summed E-state index contributed by atoms with van der Waals surface area (Å²) in [6.07, 6.45) is 1.75. The lowest BCUT2D eigenvalue weighted by Gasteiger charge is -2.29. The third-order valence-electron chi connectivity index (χ3n) is 4.31. The first-order valence-corrected chi connectivity index (χ1v) is 11.0. The van der Waals surface area contributed by atoms with Crippen LogP contribution in [-0.2, 0) is 14.3 Å². The predicted octanol–water partition coefficient (Wildman–Crippen LogP) is 6.73. The Balaban J connectivity index is 2.23. The van der Waals surface area contributed by atoms with E-state index >= 15 is 0 Å². The number of rotatable bonds is 4. The first-order chi connectivity index (χ1) is 15.8. The minimum atomic E-state index is -0.999. The zero-order valence-electron chi connectivity index (χ0n) is 20.8. The van der Waals surface area contributed by atoms with Gasteiger partial charge in [-0.15, -0.1) is 5.06 Å². The summed E-state index contributed by atoms with van der Waals surface area (Å²) in [5, 5.41) is 9.85. The molecule has 0 radical (unpaired) electrons. The average molecular weight is 465 g/mol. The highest BCUT2D eigenvalue weighted by molar-refractivity contribution is 5.71. The van der Waals surface area contributed by atoms with Crippen LogP contribution in [0.15, 0.2) is 54.6 Å². The largest absolute Gasteiger partial charge is 0.534 e. The van der Waals surface area contributed by atoms with Gasteiger partial charge in [0, 0.05) is 0 Å². The normalized spacial score (nSPS) is 12.5. The van der Waals surface area contributed by atoms with Crippen LogP contribution in [0.2, 0.25) is 0 Å². The van der Waals surface area contributed by atoms with Gasteiger partial charge in [-0.2, -0.15) is 5.26 Å². The highest BCUT2D eigenvalue weighted by Crippen LogP contribution is 2.22. The van der Waals surface area contributed by atoms with Crippen LogP contribution in [0.3, 0.4) is 0 Å². The fourth-order valence-corrected chi connectivity index (χ4v) is 2.83. The average Bonchev–Trinajstić information content (AvgIpc) is 2.73. The number of carbonyl (C=O) groups is 2. The van der Waals surface area contributed by atoms with Crippen LogP contribution >= 0.6 is 0 Å². The van der Waals surface area contributed by atoms with E-state index in [2.05, 4.69) is 6.07 Å². The second-order valence-electron chi connectivity index (χ2n) is 9.78. The van der Waals surface area contributed by atoms with Crippen molar-refractivity contribution in [1.29, 1.82) is 5.26 Å². The third kappa shape index (κ3) is 8.62. The molecule has 7 heteroatoms. The quantitative estimate of drug-likeness (QED) is 0.368. The lowest BCUT2D eigenvalue weighted by atomic mass is 10.0. The van der Waals surface area contributed by atoms with Gasteiger partial charge in [0.15, 0.2) is 0 Å². The van der Waals surface area contributed by atoms with Gasteiger partial charge in [-0.3, -0.25) is 4.84 Å². The molecule has 0 fully saturated rings. The van der Waals surface area contributed by atoms with Crippen LogP contribution < -0.4 is 0 Å². The molecule has 0 N–H and O–H groups in total. The fraction of sp³-hybridized carbons (Fsp3) is 0.370. The van der Waals surface area contributed by atoms with Gasteiger partial charge in [-0.25, -0.2) is 9.59 Å². The summed E-state index contributed by atoms with van der Waals surface area (Å²) in [7, 11) is 0. The summed E-state index contributed by atoms with van der Waals surface area (Å²) in [4.78, 5) is 30.2. The molecule has 0 aromatic heterocycles. The van der Waals surface area contributed by atoms with E-state index in [1.165, 1.54) is 0 Å². The van der Waals surface area contributed by atoms with E-state index in [9.17, 15) is 9.59 Å². The molecule has 1 amide bonds. The van der Waals surface area contributed by atoms with Crippen LogP contribution in [0.5, 0.6) is 0 Å². The Morgan fingerprint density at radius 2 is 1.56 bits per heavy atom. The summed E-state index contributed by atoms with van der Waals surface area (Å²) in [6, 6.07) is 16.6. The van der Waals surface area contributed by atoms with Gasteiger partial charge in [0.2, 0.25) is 0 Å². The highest BCUT2D eigenvalue weighted by Gasteiger charge is 2.30. The molecule has 0 saturated heterocycles. The summed E-state index contributed by atoms with van der Waals surface area (Å²) in [5.74, 6) is 0. The van der Waals surface area contributed by atoms with Crippen molar-refractivity contribution < 1.29 is 23.9 Å². The number of ether oxygens (including phenoxy) is 2. The number of amides is 1. The highest BCUT2D eigenvalue weighted by atomic mass is 16.8. The summed E-state index contributed by atoms with van der Waals surface area (Å²) in [6.45, 7) is 12.0. The van der Waals surface area contributed by atoms with E-state index in [0.29, 0.717) is 5.56 Å². The number of hydrogen-bond acceptors (Lipinski definition) is 6. The molecule has 34 heavy (non-hydrogen) atoms. The molecule has 0 unspecified atom stereocenters. The maximum atomic E-state index is 12.7. The first-order valence-electron chi connectivity index (χ1n) is 11.0. The van der Waals surface area contributed by atoms with E-state index in [4.69, 9.17) is 19.6 Å². The van der Waals surface area contributed by atoms with E-state index in [-0.39, 0.29) is 0 Å². The Bertz CT molecular complexity index is 1070. The standard InChI is InChI=1S/C27H32N2O5/c1-19(29(24(30)32-26(2,3)4)34-25(31)33-27(5,6)7)11-12-20-9-8-10-23(17-20)22-15-13-21(18-28)14-16-22/h8-17,19H,1-7H3/b12-11+/t19-/m0/s1. The summed E-state index contributed by atoms with van der Waals surface area (Å²) in [5.41, 5.74) is 1.89. The van der Waals surface area contributed by atoms with Gasteiger partial charge in [0.05, 0.1) is 17.7 Å². The lowest BCUT2D eigenvalue weighted by Crippen LogP contribution is -2.43. The monoisotopic (exact) mass is 464 g/mol. The van der Waals surface area contributed by atoms with Gasteiger partial charge in [0.25, 0.3) is 0 Å². The molecular weight excluding hydrogens is 432 g/mol. The van der Waals surface area contributed by atoms with Crippen molar-refractivity contribution in [2.24, 2.45) is 0 Å². The molecule has 0 bridgehead atoms. The molecular formula is C27H32N2O5. The topological polar surface area (TPSA) is 88.9 Å². The molecule has 2 rings (SSSR count). The van der Waals surface area contributed by atoms with Crippen LogP contribution in [0.4, 0.5) is 9.59 Å². The maximum absolute atomic E-state index is 12.7. The minimum Gasteiger partial charge on any atom is -0.442 e. The second kappa shape index (κ2) is 10.9. The SMILES string of the molecule is C[C@@H](/C=C/c1cccc(-c2ccc(C#N)cc2)c1)N(OC(=O)OC(C)(C)C)C(=O)OC(C)(C)C. The van der Waals surface area contributed by atoms with Crippen molar-refractivity contribution in [2.45, 2.75) is 65.7 Å². The lowest BCUT2D eigenvalue weighted by molar-refractivity contribution is -0.145. The van der Waals surface area contributed by atoms with Crippen LogP contribution in [-0.4, -0.2) is 34.6 Å². The molecule has 1 atom stereocenters. The van der Waals surface area contributed by atoms with Crippen molar-refractivity contribution in [1.82, 2.24) is 5.06 Å². The minimum absolute atomic E-state index is 0.598. The Morgan fingerprint density at radius 3 is 2.12 bits per heavy atom. The van der Waals surface area contributed by atoms with Gasteiger partial charge in [-0.1, -0.05) is 42.5 Å². The van der Waals surface area contributed by atoms with Crippen molar-refractivity contribution in [3.8, 4) is 17.2 Å². The number of benzene rings is 2. The number of hydroxylamine groups is 2. The molecule has 180 valence electrons. The van der Waals surface area contributed by atoms with E-state index in [0.717, 1.165) is 21.8 Å². The van der Waals surface area contributed by atoms with Crippen molar-refractivity contribution >= 4 is 18.3 Å². The molecule has 0 heterocycles. The fourth-order valence-electron chi connectivity index (χ4n) is 2.83.